The van der Waals surface area contributed by atoms with Crippen LogP contribution in [0.1, 0.15) is 11.1 Å². The second-order valence-corrected chi connectivity index (χ2v) is 8.56. The van der Waals surface area contributed by atoms with Crippen LogP contribution in [0, 0.1) is 11.7 Å². The molecule has 1 saturated heterocycles. The number of aromatic nitrogens is 1. The van der Waals surface area contributed by atoms with Crippen LogP contribution in [0.5, 0.6) is 5.75 Å². The fourth-order valence-electron chi connectivity index (χ4n) is 4.91. The van der Waals surface area contributed by atoms with Crippen molar-refractivity contribution in [3.8, 4) is 5.75 Å². The second kappa shape index (κ2) is 9.10. The van der Waals surface area contributed by atoms with Gasteiger partial charge >= 0.3 is 0 Å². The molecule has 1 aromatic heterocycles. The Morgan fingerprint density at radius 1 is 1.12 bits per heavy atom. The van der Waals surface area contributed by atoms with Crippen molar-refractivity contribution in [3.05, 3.63) is 83.9 Å². The van der Waals surface area contributed by atoms with E-state index in [1.54, 1.807) is 19.5 Å². The molecule has 0 spiro atoms. The number of piperazine rings is 1. The lowest BCUT2D eigenvalue weighted by molar-refractivity contribution is -0.126. The summed E-state index contributed by atoms with van der Waals surface area (Å²) in [6.45, 7) is 2.73. The quantitative estimate of drug-likeness (QED) is 0.651. The number of fused-ring (bicyclic) bond motifs is 3. The molecule has 0 bridgehead atoms. The van der Waals surface area contributed by atoms with E-state index in [2.05, 4.69) is 32.2 Å². The van der Waals surface area contributed by atoms with Gasteiger partial charge in [0.25, 0.3) is 0 Å². The van der Waals surface area contributed by atoms with Crippen LogP contribution in [-0.4, -0.2) is 43.7 Å². The summed E-state index contributed by atoms with van der Waals surface area (Å²) in [5.74, 6) is 0.415. The first-order valence-corrected chi connectivity index (χ1v) is 11.2. The topological polar surface area (TPSA) is 57.7 Å². The first-order chi connectivity index (χ1) is 16.1. The lowest BCUT2D eigenvalue weighted by atomic mass is 9.83. The smallest absolute Gasteiger partial charge is 0.225 e. The summed E-state index contributed by atoms with van der Waals surface area (Å²) >= 11 is 0. The largest absolute Gasteiger partial charge is 0.497 e. The van der Waals surface area contributed by atoms with E-state index in [0.29, 0.717) is 19.5 Å². The summed E-state index contributed by atoms with van der Waals surface area (Å²) < 4.78 is 18.9. The minimum atomic E-state index is -0.246. The van der Waals surface area contributed by atoms with Gasteiger partial charge < -0.3 is 19.9 Å². The van der Waals surface area contributed by atoms with Gasteiger partial charge in [0.2, 0.25) is 5.91 Å². The van der Waals surface area contributed by atoms with Gasteiger partial charge in [0.15, 0.2) is 0 Å². The predicted molar refractivity (Wildman–Crippen MR) is 126 cm³/mol. The molecule has 2 atom stereocenters. The highest BCUT2D eigenvalue weighted by Gasteiger charge is 2.41. The Bertz CT molecular complexity index is 1120. The molecule has 0 saturated carbocycles. The maximum atomic E-state index is 13.5. The molecule has 1 fully saturated rings. The molecule has 3 aromatic rings. The molecule has 7 heteroatoms. The monoisotopic (exact) mass is 446 g/mol. The predicted octanol–water partition coefficient (Wildman–Crippen LogP) is 3.41. The number of ether oxygens (including phenoxy) is 1. The molecule has 170 valence electrons. The van der Waals surface area contributed by atoms with Gasteiger partial charge in [-0.05, 0) is 60.0 Å². The van der Waals surface area contributed by atoms with Gasteiger partial charge in [0.1, 0.15) is 11.6 Å². The number of methoxy groups -OCH3 is 1. The molecule has 6 nitrogen and oxygen atoms in total. The number of hydrogen-bond acceptors (Lipinski definition) is 5. The van der Waals surface area contributed by atoms with Crippen LogP contribution in [-0.2, 0) is 17.8 Å². The summed E-state index contributed by atoms with van der Waals surface area (Å²) in [5, 5.41) is 3.13. The molecule has 33 heavy (non-hydrogen) atoms. The zero-order chi connectivity index (χ0) is 22.8. The number of benzene rings is 2. The maximum absolute atomic E-state index is 13.5. The van der Waals surface area contributed by atoms with Crippen molar-refractivity contribution < 1.29 is 13.9 Å². The lowest BCUT2D eigenvalue weighted by Crippen LogP contribution is -2.61. The van der Waals surface area contributed by atoms with Crippen molar-refractivity contribution >= 4 is 17.3 Å². The van der Waals surface area contributed by atoms with Gasteiger partial charge in [-0.1, -0.05) is 6.07 Å². The van der Waals surface area contributed by atoms with E-state index in [1.165, 1.54) is 12.1 Å². The van der Waals surface area contributed by atoms with E-state index in [9.17, 15) is 9.18 Å². The van der Waals surface area contributed by atoms with Gasteiger partial charge in [-0.3, -0.25) is 9.78 Å². The molecule has 2 aromatic carbocycles. The molecule has 2 aliphatic rings. The average molecular weight is 447 g/mol. The average Bonchev–Trinajstić information content (AvgIpc) is 2.87. The van der Waals surface area contributed by atoms with E-state index in [1.807, 2.05) is 30.3 Å². The molecular formula is C26H27FN4O2. The zero-order valence-electron chi connectivity index (χ0n) is 18.6. The van der Waals surface area contributed by atoms with Crippen molar-refractivity contribution in [2.24, 2.45) is 5.92 Å². The summed E-state index contributed by atoms with van der Waals surface area (Å²) in [6, 6.07) is 16.5. The summed E-state index contributed by atoms with van der Waals surface area (Å²) in [5.41, 5.74) is 4.29. The number of amides is 1. The molecule has 1 amide bonds. The van der Waals surface area contributed by atoms with E-state index in [-0.39, 0.29) is 23.7 Å². The van der Waals surface area contributed by atoms with Crippen LogP contribution in [0.25, 0.3) is 0 Å². The van der Waals surface area contributed by atoms with Gasteiger partial charge in [-0.2, -0.15) is 0 Å². The molecule has 0 unspecified atom stereocenters. The normalized spacial score (nSPS) is 19.5. The Morgan fingerprint density at radius 2 is 1.91 bits per heavy atom. The number of pyridine rings is 1. The minimum absolute atomic E-state index is 0.000786. The van der Waals surface area contributed by atoms with Crippen molar-refractivity contribution in [2.45, 2.75) is 19.0 Å². The standard InChI is InChI=1S/C26H27FN4O2/c1-33-22-7-2-19-14-23(26(32)29-16-18-8-10-28-11-9-18)25-17-30(12-13-31(25)24(19)15-22)21-5-3-20(27)4-6-21/h2-11,15,23,25H,12-14,16-17H2,1H3,(H,29,32)/t23-,25+/m1/s1. The Labute approximate surface area is 193 Å². The first kappa shape index (κ1) is 21.2. The van der Waals surface area contributed by atoms with E-state index in [0.717, 1.165) is 41.3 Å². The van der Waals surface area contributed by atoms with Gasteiger partial charge in [0.05, 0.1) is 19.1 Å². The van der Waals surface area contributed by atoms with Crippen molar-refractivity contribution in [2.75, 3.05) is 36.5 Å². The molecule has 3 heterocycles. The van der Waals surface area contributed by atoms with Crippen molar-refractivity contribution in [1.29, 1.82) is 0 Å². The molecule has 1 N–H and O–H groups in total. The first-order valence-electron chi connectivity index (χ1n) is 11.2. The number of nitrogens with one attached hydrogen (secondary N) is 1. The molecule has 0 radical (unpaired) electrons. The van der Waals surface area contributed by atoms with E-state index >= 15 is 0 Å². The SMILES string of the molecule is COc1ccc2c(c1)N1CCN(c3ccc(F)cc3)C[C@H]1[C@H](C(=O)NCc1ccncc1)C2. The third-order valence-corrected chi connectivity index (χ3v) is 6.67. The Balaban J connectivity index is 1.42. The summed E-state index contributed by atoms with van der Waals surface area (Å²) in [7, 11) is 1.67. The molecule has 5 rings (SSSR count). The van der Waals surface area contributed by atoms with Gasteiger partial charge in [-0.25, -0.2) is 4.39 Å². The number of rotatable bonds is 5. The third-order valence-electron chi connectivity index (χ3n) is 6.67. The summed E-state index contributed by atoms with van der Waals surface area (Å²) in [4.78, 5) is 22.0. The van der Waals surface area contributed by atoms with E-state index < -0.39 is 0 Å². The number of nitrogens with zero attached hydrogens (tertiary/aromatic N) is 3. The van der Waals surface area contributed by atoms with Crippen molar-refractivity contribution in [3.63, 3.8) is 0 Å². The van der Waals surface area contributed by atoms with Crippen LogP contribution < -0.4 is 19.9 Å². The fraction of sp³-hybridized carbons (Fsp3) is 0.308. The highest BCUT2D eigenvalue weighted by atomic mass is 19.1. The Kier molecular flexibility index (Phi) is 5.86. The molecule has 0 aliphatic carbocycles. The number of halogens is 1. The van der Waals surface area contributed by atoms with Crippen LogP contribution in [0.2, 0.25) is 0 Å². The highest BCUT2D eigenvalue weighted by molar-refractivity contribution is 5.82. The molecule has 2 aliphatic heterocycles. The van der Waals surface area contributed by atoms with Crippen LogP contribution in [0.3, 0.4) is 0 Å². The minimum Gasteiger partial charge on any atom is -0.497 e. The van der Waals surface area contributed by atoms with Crippen LogP contribution >= 0.6 is 0 Å². The van der Waals surface area contributed by atoms with Crippen molar-refractivity contribution in [1.82, 2.24) is 10.3 Å². The second-order valence-electron chi connectivity index (χ2n) is 8.56. The van der Waals surface area contributed by atoms with Gasteiger partial charge in [0, 0.05) is 56.0 Å². The third kappa shape index (κ3) is 4.35. The number of anilines is 2. The number of hydrogen-bond donors (Lipinski definition) is 1. The fourth-order valence-corrected chi connectivity index (χ4v) is 4.91. The van der Waals surface area contributed by atoms with Crippen LogP contribution in [0.4, 0.5) is 15.8 Å². The number of carbonyl (C=O) groups excluding carboxylic acids is 1. The molecular weight excluding hydrogens is 419 g/mol. The zero-order valence-corrected chi connectivity index (χ0v) is 18.6. The Hall–Kier alpha value is -3.61. The summed E-state index contributed by atoms with van der Waals surface area (Å²) in [6.07, 6.45) is 4.13. The maximum Gasteiger partial charge on any atom is 0.225 e. The van der Waals surface area contributed by atoms with Gasteiger partial charge in [-0.15, -0.1) is 0 Å². The van der Waals surface area contributed by atoms with Crippen LogP contribution in [0.15, 0.2) is 67.0 Å². The van der Waals surface area contributed by atoms with E-state index in [4.69, 9.17) is 4.74 Å². The number of carbonyl (C=O) groups is 1. The Morgan fingerprint density at radius 3 is 2.67 bits per heavy atom. The highest BCUT2D eigenvalue weighted by Crippen LogP contribution is 2.39. The lowest BCUT2D eigenvalue weighted by Gasteiger charge is -2.49.